The number of thiophene rings is 1. The van der Waals surface area contributed by atoms with E-state index < -0.39 is 12.2 Å². The standard InChI is InChI=1S/C22H38N2O4S/c1-3-5-7-8-9-10-11-12-13-14-16-24-22(26)28-20-18-29-17-19(20)27-21(25)23-15-6-4-2/h17-18H,3-16H2,1-2H3,(H,23,25)(H,24,26). The van der Waals surface area contributed by atoms with Gasteiger partial charge in [-0.2, -0.15) is 0 Å². The van der Waals surface area contributed by atoms with Gasteiger partial charge < -0.3 is 20.1 Å². The zero-order valence-electron chi connectivity index (χ0n) is 18.1. The van der Waals surface area contributed by atoms with Crippen molar-refractivity contribution in [2.45, 2.75) is 90.9 Å². The fraction of sp³-hybridized carbons (Fsp3) is 0.727. The van der Waals surface area contributed by atoms with Crippen molar-refractivity contribution >= 4 is 23.5 Å². The second-order valence-corrected chi connectivity index (χ2v) is 8.01. The van der Waals surface area contributed by atoms with E-state index in [0.717, 1.165) is 25.7 Å². The molecule has 2 N–H and O–H groups in total. The summed E-state index contributed by atoms with van der Waals surface area (Å²) in [4.78, 5) is 23.7. The highest BCUT2D eigenvalue weighted by molar-refractivity contribution is 7.08. The maximum atomic E-state index is 11.9. The van der Waals surface area contributed by atoms with E-state index in [2.05, 4.69) is 17.6 Å². The van der Waals surface area contributed by atoms with Gasteiger partial charge in [0, 0.05) is 23.8 Å². The number of hydrogen-bond donors (Lipinski definition) is 2. The number of carbonyl (C=O) groups excluding carboxylic acids is 2. The zero-order valence-corrected chi connectivity index (χ0v) is 18.9. The lowest BCUT2D eigenvalue weighted by molar-refractivity contribution is 0.190. The largest absolute Gasteiger partial charge is 0.412 e. The summed E-state index contributed by atoms with van der Waals surface area (Å²) in [5, 5.41) is 8.71. The molecule has 7 heteroatoms. The van der Waals surface area contributed by atoms with Crippen LogP contribution in [0.2, 0.25) is 0 Å². The van der Waals surface area contributed by atoms with Crippen molar-refractivity contribution in [1.29, 1.82) is 0 Å². The van der Waals surface area contributed by atoms with E-state index in [0.29, 0.717) is 13.1 Å². The van der Waals surface area contributed by atoms with E-state index in [1.807, 2.05) is 6.92 Å². The first-order valence-corrected chi connectivity index (χ1v) is 12.1. The third kappa shape index (κ3) is 13.2. The van der Waals surface area contributed by atoms with Gasteiger partial charge in [-0.1, -0.05) is 78.1 Å². The van der Waals surface area contributed by atoms with Crippen LogP contribution in [0.5, 0.6) is 11.5 Å². The molecule has 0 aliphatic heterocycles. The van der Waals surface area contributed by atoms with Gasteiger partial charge in [-0.3, -0.25) is 0 Å². The molecule has 0 saturated carbocycles. The van der Waals surface area contributed by atoms with E-state index in [1.54, 1.807) is 10.8 Å². The van der Waals surface area contributed by atoms with Crippen LogP contribution in [0.3, 0.4) is 0 Å². The molecule has 0 bridgehead atoms. The van der Waals surface area contributed by atoms with Gasteiger partial charge in [0.15, 0.2) is 11.5 Å². The molecule has 1 aromatic heterocycles. The van der Waals surface area contributed by atoms with Crippen LogP contribution in [0.25, 0.3) is 0 Å². The van der Waals surface area contributed by atoms with Crippen LogP contribution in [-0.4, -0.2) is 25.3 Å². The summed E-state index contributed by atoms with van der Waals surface area (Å²) in [6, 6.07) is 0. The predicted octanol–water partition coefficient (Wildman–Crippen LogP) is 6.65. The summed E-state index contributed by atoms with van der Waals surface area (Å²) in [7, 11) is 0. The monoisotopic (exact) mass is 426 g/mol. The Morgan fingerprint density at radius 1 is 0.690 bits per heavy atom. The van der Waals surface area contributed by atoms with Crippen molar-refractivity contribution in [3.05, 3.63) is 10.8 Å². The fourth-order valence-corrected chi connectivity index (χ4v) is 3.51. The summed E-state index contributed by atoms with van der Waals surface area (Å²) in [5.74, 6) is 0.527. The van der Waals surface area contributed by atoms with Gasteiger partial charge in [0.1, 0.15) is 0 Å². The Morgan fingerprint density at radius 3 is 1.59 bits per heavy atom. The lowest BCUT2D eigenvalue weighted by atomic mass is 10.1. The number of carbonyl (C=O) groups is 2. The molecule has 0 spiro atoms. The molecule has 0 fully saturated rings. The van der Waals surface area contributed by atoms with Crippen LogP contribution in [0.4, 0.5) is 9.59 Å². The SMILES string of the molecule is CCCCCCCCCCCCNC(=O)Oc1cscc1OC(=O)NCCCC. The summed E-state index contributed by atoms with van der Waals surface area (Å²) >= 11 is 1.31. The maximum Gasteiger partial charge on any atom is 0.412 e. The second kappa shape index (κ2) is 17.1. The number of nitrogens with one attached hydrogen (secondary N) is 2. The molecule has 6 nitrogen and oxygen atoms in total. The van der Waals surface area contributed by atoms with Crippen molar-refractivity contribution in [1.82, 2.24) is 10.6 Å². The molecular weight excluding hydrogens is 388 g/mol. The maximum absolute atomic E-state index is 11.9. The molecule has 0 aliphatic rings. The number of rotatable bonds is 16. The molecule has 29 heavy (non-hydrogen) atoms. The Bertz CT molecular complexity index is 563. The zero-order chi connectivity index (χ0) is 21.2. The van der Waals surface area contributed by atoms with Crippen molar-refractivity contribution in [2.75, 3.05) is 13.1 Å². The molecule has 1 heterocycles. The number of hydrogen-bond acceptors (Lipinski definition) is 5. The highest BCUT2D eigenvalue weighted by Gasteiger charge is 2.14. The molecular formula is C22H38N2O4S. The molecule has 166 valence electrons. The van der Waals surface area contributed by atoms with Gasteiger partial charge in [-0.05, 0) is 12.8 Å². The molecule has 1 rings (SSSR count). The van der Waals surface area contributed by atoms with E-state index in [9.17, 15) is 9.59 Å². The first kappa shape index (κ1) is 25.3. The van der Waals surface area contributed by atoms with E-state index in [-0.39, 0.29) is 11.5 Å². The smallest absolute Gasteiger partial charge is 0.405 e. The molecule has 0 aromatic carbocycles. The third-order valence-corrected chi connectivity index (χ3v) is 5.30. The van der Waals surface area contributed by atoms with Crippen molar-refractivity contribution in [2.24, 2.45) is 0 Å². The molecule has 0 radical (unpaired) electrons. The van der Waals surface area contributed by atoms with E-state index >= 15 is 0 Å². The molecule has 2 amide bonds. The summed E-state index contributed by atoms with van der Waals surface area (Å²) in [6.07, 6.45) is 13.4. The van der Waals surface area contributed by atoms with Gasteiger partial charge >= 0.3 is 12.2 Å². The van der Waals surface area contributed by atoms with Gasteiger partial charge in [-0.15, -0.1) is 11.3 Å². The second-order valence-electron chi connectivity index (χ2n) is 7.27. The number of amides is 2. The topological polar surface area (TPSA) is 76.7 Å². The Balaban J connectivity index is 2.09. The van der Waals surface area contributed by atoms with Crippen LogP contribution >= 0.6 is 11.3 Å². The van der Waals surface area contributed by atoms with Crippen molar-refractivity contribution < 1.29 is 19.1 Å². The predicted molar refractivity (Wildman–Crippen MR) is 119 cm³/mol. The lowest BCUT2D eigenvalue weighted by Crippen LogP contribution is -2.29. The number of ether oxygens (including phenoxy) is 2. The van der Waals surface area contributed by atoms with Gasteiger partial charge in [0.25, 0.3) is 0 Å². The first-order valence-electron chi connectivity index (χ1n) is 11.1. The molecule has 0 unspecified atom stereocenters. The van der Waals surface area contributed by atoms with E-state index in [4.69, 9.17) is 9.47 Å². The minimum atomic E-state index is -0.535. The molecule has 0 saturated heterocycles. The highest BCUT2D eigenvalue weighted by Crippen LogP contribution is 2.31. The summed E-state index contributed by atoms with van der Waals surface area (Å²) in [5.41, 5.74) is 0. The van der Waals surface area contributed by atoms with Crippen LogP contribution < -0.4 is 20.1 Å². The fourth-order valence-electron chi connectivity index (χ4n) is 2.86. The Kier molecular flexibility index (Phi) is 14.9. The van der Waals surface area contributed by atoms with Crippen LogP contribution in [0, 0.1) is 0 Å². The normalized spacial score (nSPS) is 10.6. The minimum absolute atomic E-state index is 0.262. The first-order chi connectivity index (χ1) is 14.2. The van der Waals surface area contributed by atoms with E-state index in [1.165, 1.54) is 62.7 Å². The van der Waals surface area contributed by atoms with Gasteiger partial charge in [0.2, 0.25) is 0 Å². The third-order valence-electron chi connectivity index (χ3n) is 4.60. The Labute approximate surface area is 179 Å². The van der Waals surface area contributed by atoms with Crippen molar-refractivity contribution in [3.63, 3.8) is 0 Å². The average molecular weight is 427 g/mol. The van der Waals surface area contributed by atoms with Crippen LogP contribution in [0.1, 0.15) is 90.9 Å². The summed E-state index contributed by atoms with van der Waals surface area (Å²) in [6.45, 7) is 5.44. The van der Waals surface area contributed by atoms with Crippen LogP contribution in [-0.2, 0) is 0 Å². The lowest BCUT2D eigenvalue weighted by Gasteiger charge is -2.08. The summed E-state index contributed by atoms with van der Waals surface area (Å²) < 4.78 is 10.5. The Morgan fingerprint density at radius 2 is 1.10 bits per heavy atom. The molecule has 0 atom stereocenters. The number of unbranched alkanes of at least 4 members (excludes halogenated alkanes) is 10. The molecule has 1 aromatic rings. The van der Waals surface area contributed by atoms with Crippen LogP contribution in [0.15, 0.2) is 10.8 Å². The average Bonchev–Trinajstić information content (AvgIpc) is 3.12. The van der Waals surface area contributed by atoms with Gasteiger partial charge in [-0.25, -0.2) is 9.59 Å². The quantitative estimate of drug-likeness (QED) is 0.290. The molecule has 0 aliphatic carbocycles. The minimum Gasteiger partial charge on any atom is -0.405 e. The van der Waals surface area contributed by atoms with Crippen molar-refractivity contribution in [3.8, 4) is 11.5 Å². The Hall–Kier alpha value is -1.76. The highest BCUT2D eigenvalue weighted by atomic mass is 32.1. The van der Waals surface area contributed by atoms with Gasteiger partial charge in [0.05, 0.1) is 0 Å².